The normalized spacial score (nSPS) is 17.3. The van der Waals surface area contributed by atoms with Gasteiger partial charge in [-0.25, -0.2) is 13.1 Å². The van der Waals surface area contributed by atoms with Crippen LogP contribution in [0.2, 0.25) is 0 Å². The summed E-state index contributed by atoms with van der Waals surface area (Å²) < 4.78 is 31.6. The minimum atomic E-state index is -3.74. The Morgan fingerprint density at radius 1 is 1.47 bits per heavy atom. The molecule has 0 bridgehead atoms. The third-order valence-electron chi connectivity index (χ3n) is 3.51. The minimum Gasteiger partial charge on any atom is -0.385 e. The van der Waals surface area contributed by atoms with Crippen LogP contribution >= 0.6 is 0 Å². The summed E-state index contributed by atoms with van der Waals surface area (Å²) in [5, 5.41) is 0. The fourth-order valence-electron chi connectivity index (χ4n) is 1.95. The molecule has 0 amide bonds. The molecule has 6 nitrogen and oxygen atoms in total. The zero-order valence-electron chi connectivity index (χ0n) is 10.8. The molecule has 1 aromatic heterocycles. The summed E-state index contributed by atoms with van der Waals surface area (Å²) in [7, 11) is -2.12. The lowest BCUT2D eigenvalue weighted by Crippen LogP contribution is -2.33. The van der Waals surface area contributed by atoms with Gasteiger partial charge in [-0.1, -0.05) is 0 Å². The lowest BCUT2D eigenvalue weighted by atomic mass is 10.0. The molecule has 0 unspecified atom stereocenters. The van der Waals surface area contributed by atoms with Crippen molar-refractivity contribution < 1.29 is 13.2 Å². The van der Waals surface area contributed by atoms with E-state index in [1.165, 1.54) is 18.5 Å². The van der Waals surface area contributed by atoms with Gasteiger partial charge in [0, 0.05) is 38.7 Å². The van der Waals surface area contributed by atoms with Gasteiger partial charge in [0.25, 0.3) is 0 Å². The standard InChI is InChI=1S/C12H18N2O4S/c1-18-7-5-12(3-4-12)9-14-19(16,17)11-8-13-6-2-10(11)15/h2,6,8,14H,3-5,7,9H2,1H3,(H,13,15). The number of H-pyrrole nitrogens is 1. The molecule has 106 valence electrons. The summed E-state index contributed by atoms with van der Waals surface area (Å²) >= 11 is 0. The average molecular weight is 286 g/mol. The largest absolute Gasteiger partial charge is 0.385 e. The Hall–Kier alpha value is -1.18. The lowest BCUT2D eigenvalue weighted by Gasteiger charge is -2.15. The van der Waals surface area contributed by atoms with Crippen LogP contribution in [0, 0.1) is 5.41 Å². The topological polar surface area (TPSA) is 88.3 Å². The molecule has 0 aromatic carbocycles. The zero-order chi connectivity index (χ0) is 13.9. The Morgan fingerprint density at radius 3 is 2.79 bits per heavy atom. The molecule has 1 aromatic rings. The summed E-state index contributed by atoms with van der Waals surface area (Å²) in [5.74, 6) is 0. The van der Waals surface area contributed by atoms with E-state index in [-0.39, 0.29) is 10.3 Å². The highest BCUT2D eigenvalue weighted by molar-refractivity contribution is 7.89. The number of hydrogen-bond donors (Lipinski definition) is 2. The molecule has 1 saturated carbocycles. The number of aromatic nitrogens is 1. The highest BCUT2D eigenvalue weighted by Gasteiger charge is 2.42. The second kappa shape index (κ2) is 5.44. The van der Waals surface area contributed by atoms with E-state index in [2.05, 4.69) is 9.71 Å². The van der Waals surface area contributed by atoms with Crippen LogP contribution in [0.4, 0.5) is 0 Å². The summed E-state index contributed by atoms with van der Waals surface area (Å²) in [4.78, 5) is 13.9. The van der Waals surface area contributed by atoms with Gasteiger partial charge in [-0.2, -0.15) is 0 Å². The van der Waals surface area contributed by atoms with Crippen molar-refractivity contribution in [3.63, 3.8) is 0 Å². The monoisotopic (exact) mass is 286 g/mol. The second-order valence-corrected chi connectivity index (χ2v) is 6.68. The first-order valence-electron chi connectivity index (χ1n) is 6.15. The van der Waals surface area contributed by atoms with E-state index in [1.807, 2.05) is 0 Å². The maximum absolute atomic E-state index is 12.0. The number of nitrogens with one attached hydrogen (secondary N) is 2. The Labute approximate surface area is 112 Å². The van der Waals surface area contributed by atoms with E-state index in [4.69, 9.17) is 4.74 Å². The van der Waals surface area contributed by atoms with Gasteiger partial charge in [0.15, 0.2) is 0 Å². The van der Waals surface area contributed by atoms with Gasteiger partial charge in [-0.3, -0.25) is 4.79 Å². The zero-order valence-corrected chi connectivity index (χ0v) is 11.6. The third-order valence-corrected chi connectivity index (χ3v) is 4.93. The summed E-state index contributed by atoms with van der Waals surface area (Å²) in [5.41, 5.74) is -0.502. The van der Waals surface area contributed by atoms with Gasteiger partial charge < -0.3 is 9.72 Å². The van der Waals surface area contributed by atoms with Crippen LogP contribution in [-0.2, 0) is 14.8 Å². The maximum atomic E-state index is 12.0. The van der Waals surface area contributed by atoms with E-state index in [0.29, 0.717) is 13.2 Å². The van der Waals surface area contributed by atoms with Crippen LogP contribution in [0.1, 0.15) is 19.3 Å². The van der Waals surface area contributed by atoms with Crippen LogP contribution < -0.4 is 10.2 Å². The van der Waals surface area contributed by atoms with Gasteiger partial charge in [0.05, 0.1) is 0 Å². The molecule has 0 atom stereocenters. The first kappa shape index (κ1) is 14.2. The third kappa shape index (κ3) is 3.43. The molecule has 0 aliphatic heterocycles. The summed E-state index contributed by atoms with van der Waals surface area (Å²) in [6.07, 6.45) is 5.42. The van der Waals surface area contributed by atoms with Crippen molar-refractivity contribution in [3.8, 4) is 0 Å². The van der Waals surface area contributed by atoms with Crippen LogP contribution in [0.5, 0.6) is 0 Å². The number of sulfonamides is 1. The molecule has 2 N–H and O–H groups in total. The SMILES string of the molecule is COCCC1(CNS(=O)(=O)c2c[nH]ccc2=O)CC1. The number of aromatic amines is 1. The first-order valence-corrected chi connectivity index (χ1v) is 7.63. The van der Waals surface area contributed by atoms with Crippen LogP contribution in [0.3, 0.4) is 0 Å². The molecule has 7 heteroatoms. The molecule has 1 aliphatic rings. The van der Waals surface area contributed by atoms with Crippen molar-refractivity contribution in [2.45, 2.75) is 24.2 Å². The Balaban J connectivity index is 2.03. The molecule has 1 aliphatic carbocycles. The number of pyridine rings is 1. The maximum Gasteiger partial charge on any atom is 0.245 e. The number of rotatable bonds is 7. The van der Waals surface area contributed by atoms with E-state index in [9.17, 15) is 13.2 Å². The number of methoxy groups -OCH3 is 1. The molecule has 1 heterocycles. The van der Waals surface area contributed by atoms with E-state index >= 15 is 0 Å². The van der Waals surface area contributed by atoms with Crippen molar-refractivity contribution in [2.75, 3.05) is 20.3 Å². The second-order valence-electron chi connectivity index (χ2n) is 4.94. The average Bonchev–Trinajstić information content (AvgIpc) is 3.15. The molecule has 2 rings (SSSR count). The van der Waals surface area contributed by atoms with Crippen molar-refractivity contribution in [2.24, 2.45) is 5.41 Å². The molecular weight excluding hydrogens is 268 g/mol. The Kier molecular flexibility index (Phi) is 4.07. The van der Waals surface area contributed by atoms with Crippen LogP contribution in [-0.4, -0.2) is 33.7 Å². The van der Waals surface area contributed by atoms with E-state index < -0.39 is 15.5 Å². The highest BCUT2D eigenvalue weighted by atomic mass is 32.2. The molecule has 19 heavy (non-hydrogen) atoms. The van der Waals surface area contributed by atoms with Gasteiger partial charge in [0.1, 0.15) is 4.90 Å². The van der Waals surface area contributed by atoms with Gasteiger partial charge in [-0.05, 0) is 24.7 Å². The Bertz CT molecular complexity index is 590. The Morgan fingerprint density at radius 2 is 2.21 bits per heavy atom. The first-order chi connectivity index (χ1) is 8.99. The molecule has 0 saturated heterocycles. The minimum absolute atomic E-state index is 0.00459. The molecule has 1 fully saturated rings. The molecule has 0 radical (unpaired) electrons. The predicted molar refractivity (Wildman–Crippen MR) is 70.4 cm³/mol. The van der Waals surface area contributed by atoms with E-state index in [1.54, 1.807) is 7.11 Å². The van der Waals surface area contributed by atoms with Gasteiger partial charge in [-0.15, -0.1) is 0 Å². The quantitative estimate of drug-likeness (QED) is 0.762. The number of ether oxygens (including phenoxy) is 1. The van der Waals surface area contributed by atoms with E-state index in [0.717, 1.165) is 19.3 Å². The van der Waals surface area contributed by atoms with Crippen LogP contribution in [0.15, 0.2) is 28.2 Å². The predicted octanol–water partition coefficient (Wildman–Crippen LogP) is 0.470. The fourth-order valence-corrected chi connectivity index (χ4v) is 3.16. The van der Waals surface area contributed by atoms with Gasteiger partial charge >= 0.3 is 0 Å². The van der Waals surface area contributed by atoms with Crippen molar-refractivity contribution >= 4 is 10.0 Å². The van der Waals surface area contributed by atoms with Crippen molar-refractivity contribution in [1.29, 1.82) is 0 Å². The van der Waals surface area contributed by atoms with Crippen molar-refractivity contribution in [1.82, 2.24) is 9.71 Å². The fraction of sp³-hybridized carbons (Fsp3) is 0.583. The summed E-state index contributed by atoms with van der Waals surface area (Å²) in [6.45, 7) is 0.973. The highest BCUT2D eigenvalue weighted by Crippen LogP contribution is 2.48. The summed E-state index contributed by atoms with van der Waals surface area (Å²) in [6, 6.07) is 1.20. The molecule has 0 spiro atoms. The number of hydrogen-bond acceptors (Lipinski definition) is 4. The van der Waals surface area contributed by atoms with Gasteiger partial charge in [0.2, 0.25) is 15.5 Å². The van der Waals surface area contributed by atoms with Crippen molar-refractivity contribution in [3.05, 3.63) is 28.7 Å². The smallest absolute Gasteiger partial charge is 0.245 e. The van der Waals surface area contributed by atoms with Crippen LogP contribution in [0.25, 0.3) is 0 Å². The lowest BCUT2D eigenvalue weighted by molar-refractivity contribution is 0.173. The molecular formula is C12H18N2O4S.